The molecule has 2 rings (SSSR count). The maximum absolute atomic E-state index is 13.9. The zero-order valence-electron chi connectivity index (χ0n) is 16.2. The number of para-hydroxylation sites is 1. The number of nitrogens with one attached hydrogen (secondary N) is 2. The van der Waals surface area contributed by atoms with Gasteiger partial charge in [0.25, 0.3) is 0 Å². The first kappa shape index (κ1) is 21.7. The molecule has 0 atom stereocenters. The Hall–Kier alpha value is -2.57. The Morgan fingerprint density at radius 2 is 1.57 bits per heavy atom. The van der Waals surface area contributed by atoms with Gasteiger partial charge in [-0.05, 0) is 35.1 Å². The third-order valence-corrected chi connectivity index (χ3v) is 4.43. The van der Waals surface area contributed by atoms with Crippen LogP contribution >= 0.6 is 0 Å². The van der Waals surface area contributed by atoms with Gasteiger partial charge in [-0.3, -0.25) is 0 Å². The maximum Gasteiger partial charge on any atom is 0.416 e. The molecule has 152 valence electrons. The average molecular weight is 396 g/mol. The second kappa shape index (κ2) is 8.63. The van der Waals surface area contributed by atoms with E-state index in [-0.39, 0.29) is 23.9 Å². The quantitative estimate of drug-likeness (QED) is 0.563. The normalized spacial score (nSPS) is 11.8. The van der Waals surface area contributed by atoms with Crippen LogP contribution in [0.15, 0.2) is 36.4 Å². The van der Waals surface area contributed by atoms with Gasteiger partial charge in [0.2, 0.25) is 0 Å². The van der Waals surface area contributed by atoms with E-state index in [9.17, 15) is 22.4 Å². The van der Waals surface area contributed by atoms with Crippen molar-refractivity contribution in [3.8, 4) is 0 Å². The summed E-state index contributed by atoms with van der Waals surface area (Å²) in [5.74, 6) is -0.650. The zero-order valence-corrected chi connectivity index (χ0v) is 16.2. The standard InChI is InChI=1S/C21H24F4N2O/c1-12(2)16-6-5-7-17(13(3)4)19(16)27-20(28)26-11-14-8-9-15(10-18(14)22)21(23,24)25/h5-10,12-13H,11H2,1-4H3,(H2,26,27,28). The number of carbonyl (C=O) groups is 1. The van der Waals surface area contributed by atoms with Crippen molar-refractivity contribution in [1.29, 1.82) is 0 Å². The summed E-state index contributed by atoms with van der Waals surface area (Å²) in [6.45, 7) is 7.83. The van der Waals surface area contributed by atoms with Crippen molar-refractivity contribution in [3.05, 3.63) is 64.5 Å². The lowest BCUT2D eigenvalue weighted by Gasteiger charge is -2.20. The monoisotopic (exact) mass is 396 g/mol. The van der Waals surface area contributed by atoms with E-state index in [1.807, 2.05) is 45.9 Å². The van der Waals surface area contributed by atoms with Crippen molar-refractivity contribution >= 4 is 11.7 Å². The fraction of sp³-hybridized carbons (Fsp3) is 0.381. The van der Waals surface area contributed by atoms with Crippen LogP contribution in [0, 0.1) is 5.82 Å². The highest BCUT2D eigenvalue weighted by Crippen LogP contribution is 2.32. The molecule has 28 heavy (non-hydrogen) atoms. The van der Waals surface area contributed by atoms with E-state index in [1.165, 1.54) is 0 Å². The molecule has 0 saturated carbocycles. The van der Waals surface area contributed by atoms with E-state index in [0.29, 0.717) is 11.8 Å². The van der Waals surface area contributed by atoms with Crippen LogP contribution in [-0.4, -0.2) is 6.03 Å². The molecule has 0 saturated heterocycles. The van der Waals surface area contributed by atoms with Crippen molar-refractivity contribution in [2.24, 2.45) is 0 Å². The van der Waals surface area contributed by atoms with E-state index in [2.05, 4.69) is 10.6 Å². The molecule has 0 bridgehead atoms. The summed E-state index contributed by atoms with van der Waals surface area (Å²) in [6, 6.07) is 7.51. The number of amides is 2. The van der Waals surface area contributed by atoms with Crippen molar-refractivity contribution in [3.63, 3.8) is 0 Å². The molecule has 0 aliphatic rings. The number of alkyl halides is 3. The first-order chi connectivity index (χ1) is 13.0. The van der Waals surface area contributed by atoms with Crippen LogP contribution < -0.4 is 10.6 Å². The summed E-state index contributed by atoms with van der Waals surface area (Å²) < 4.78 is 51.8. The number of rotatable bonds is 5. The lowest BCUT2D eigenvalue weighted by Crippen LogP contribution is -2.29. The molecule has 0 aliphatic heterocycles. The van der Waals surface area contributed by atoms with Gasteiger partial charge in [-0.2, -0.15) is 13.2 Å². The van der Waals surface area contributed by atoms with E-state index in [1.54, 1.807) is 0 Å². The highest BCUT2D eigenvalue weighted by molar-refractivity contribution is 5.91. The van der Waals surface area contributed by atoms with Crippen molar-refractivity contribution in [1.82, 2.24) is 5.32 Å². The predicted molar refractivity (Wildman–Crippen MR) is 102 cm³/mol. The van der Waals surface area contributed by atoms with Crippen molar-refractivity contribution in [2.45, 2.75) is 52.3 Å². The second-order valence-corrected chi connectivity index (χ2v) is 7.23. The minimum absolute atomic E-state index is 0.0237. The SMILES string of the molecule is CC(C)c1cccc(C(C)C)c1NC(=O)NCc1ccc(C(F)(F)F)cc1F. The van der Waals surface area contributed by atoms with Gasteiger partial charge < -0.3 is 10.6 Å². The zero-order chi connectivity index (χ0) is 21.1. The fourth-order valence-electron chi connectivity index (χ4n) is 2.90. The number of carbonyl (C=O) groups excluding carboxylic acids is 1. The minimum Gasteiger partial charge on any atom is -0.334 e. The van der Waals surface area contributed by atoms with Crippen LogP contribution in [0.25, 0.3) is 0 Å². The Morgan fingerprint density at radius 1 is 1.00 bits per heavy atom. The van der Waals surface area contributed by atoms with Gasteiger partial charge in [-0.25, -0.2) is 9.18 Å². The Labute approximate surface area is 162 Å². The van der Waals surface area contributed by atoms with E-state index in [4.69, 9.17) is 0 Å². The summed E-state index contributed by atoms with van der Waals surface area (Å²) in [5.41, 5.74) is 1.57. The number of urea groups is 1. The van der Waals surface area contributed by atoms with Crippen LogP contribution in [0.5, 0.6) is 0 Å². The van der Waals surface area contributed by atoms with Crippen LogP contribution in [0.3, 0.4) is 0 Å². The van der Waals surface area contributed by atoms with Gasteiger partial charge in [-0.1, -0.05) is 52.0 Å². The topological polar surface area (TPSA) is 41.1 Å². The molecule has 2 aromatic rings. The van der Waals surface area contributed by atoms with Gasteiger partial charge in [-0.15, -0.1) is 0 Å². The van der Waals surface area contributed by atoms with Gasteiger partial charge in [0.05, 0.1) is 5.56 Å². The largest absolute Gasteiger partial charge is 0.416 e. The molecule has 0 aromatic heterocycles. The van der Waals surface area contributed by atoms with E-state index < -0.39 is 23.6 Å². The highest BCUT2D eigenvalue weighted by Gasteiger charge is 2.31. The number of hydrogen-bond acceptors (Lipinski definition) is 1. The van der Waals surface area contributed by atoms with Gasteiger partial charge >= 0.3 is 12.2 Å². The maximum atomic E-state index is 13.9. The molecule has 0 fully saturated rings. The summed E-state index contributed by atoms with van der Waals surface area (Å²) in [6.07, 6.45) is -4.61. The smallest absolute Gasteiger partial charge is 0.334 e. The number of anilines is 1. The number of benzene rings is 2. The molecule has 0 aliphatic carbocycles. The van der Waals surface area contributed by atoms with E-state index in [0.717, 1.165) is 23.3 Å². The third-order valence-electron chi connectivity index (χ3n) is 4.43. The van der Waals surface area contributed by atoms with Crippen molar-refractivity contribution < 1.29 is 22.4 Å². The number of hydrogen-bond donors (Lipinski definition) is 2. The first-order valence-corrected chi connectivity index (χ1v) is 9.04. The Kier molecular flexibility index (Phi) is 6.69. The molecule has 2 N–H and O–H groups in total. The summed E-state index contributed by atoms with van der Waals surface area (Å²) in [4.78, 5) is 12.3. The third kappa shape index (κ3) is 5.24. The first-order valence-electron chi connectivity index (χ1n) is 9.04. The minimum atomic E-state index is -4.61. The molecule has 2 aromatic carbocycles. The number of halogens is 4. The Balaban J connectivity index is 2.14. The second-order valence-electron chi connectivity index (χ2n) is 7.23. The van der Waals surface area contributed by atoms with Gasteiger partial charge in [0.15, 0.2) is 0 Å². The lowest BCUT2D eigenvalue weighted by atomic mass is 9.93. The summed E-state index contributed by atoms with van der Waals surface area (Å²) >= 11 is 0. The van der Waals surface area contributed by atoms with Crippen LogP contribution in [0.2, 0.25) is 0 Å². The Morgan fingerprint density at radius 3 is 2.04 bits per heavy atom. The molecule has 2 amide bonds. The molecule has 0 radical (unpaired) electrons. The van der Waals surface area contributed by atoms with Crippen molar-refractivity contribution in [2.75, 3.05) is 5.32 Å². The molecule has 0 unspecified atom stereocenters. The highest BCUT2D eigenvalue weighted by atomic mass is 19.4. The van der Waals surface area contributed by atoms with Gasteiger partial charge in [0.1, 0.15) is 5.82 Å². The fourth-order valence-corrected chi connectivity index (χ4v) is 2.90. The molecule has 0 heterocycles. The van der Waals surface area contributed by atoms with Crippen LogP contribution in [-0.2, 0) is 12.7 Å². The molecule has 3 nitrogen and oxygen atoms in total. The average Bonchev–Trinajstić information content (AvgIpc) is 2.59. The molecule has 7 heteroatoms. The summed E-state index contributed by atoms with van der Waals surface area (Å²) in [7, 11) is 0. The lowest BCUT2D eigenvalue weighted by molar-refractivity contribution is -0.137. The Bertz CT molecular complexity index is 819. The molecule has 0 spiro atoms. The summed E-state index contributed by atoms with van der Waals surface area (Å²) in [5, 5.41) is 5.32. The predicted octanol–water partition coefficient (Wildman–Crippen LogP) is 6.41. The van der Waals surface area contributed by atoms with E-state index >= 15 is 0 Å². The van der Waals surface area contributed by atoms with Crippen LogP contribution in [0.4, 0.5) is 28.0 Å². The van der Waals surface area contributed by atoms with Crippen LogP contribution in [0.1, 0.15) is 61.8 Å². The molecular formula is C21H24F4N2O. The molecular weight excluding hydrogens is 372 g/mol. The van der Waals surface area contributed by atoms with Gasteiger partial charge in [0, 0.05) is 17.8 Å².